The number of hydrogen-bond donors (Lipinski definition) is 1. The number of ketones is 1. The number of carbonyl (C=O) groups excluding carboxylic acids is 2. The van der Waals surface area contributed by atoms with Crippen LogP contribution in [0.5, 0.6) is 0 Å². The zero-order valence-corrected chi connectivity index (χ0v) is 12.9. The van der Waals surface area contributed by atoms with E-state index in [1.807, 2.05) is 14.1 Å². The van der Waals surface area contributed by atoms with Gasteiger partial charge in [0, 0.05) is 37.5 Å². The number of halogens is 1. The van der Waals surface area contributed by atoms with Gasteiger partial charge in [-0.15, -0.1) is 0 Å². The molecule has 0 atom stereocenters. The number of rotatable bonds is 5. The number of anilines is 1. The largest absolute Gasteiger partial charge is 0.383 e. The van der Waals surface area contributed by atoms with Crippen molar-refractivity contribution in [3.63, 3.8) is 0 Å². The molecule has 118 valence electrons. The first-order valence-electron chi connectivity index (χ1n) is 7.02. The molecular weight excluding hydrogens is 295 g/mol. The number of carbonyl (C=O) groups is 2. The van der Waals surface area contributed by atoms with Crippen LogP contribution in [-0.4, -0.2) is 30.7 Å². The number of hydrogen-bond acceptors (Lipinski definition) is 3. The molecular formula is C18H17FN2O2. The van der Waals surface area contributed by atoms with Crippen molar-refractivity contribution in [2.75, 3.05) is 19.4 Å². The van der Waals surface area contributed by atoms with Gasteiger partial charge in [-0.3, -0.25) is 9.59 Å². The lowest BCUT2D eigenvalue weighted by Crippen LogP contribution is -2.14. The molecule has 0 heterocycles. The van der Waals surface area contributed by atoms with Gasteiger partial charge in [0.25, 0.3) is 5.91 Å². The SMILES string of the molecule is CN(C)/C=C/C(=O)c1ccccc1NC(=O)c1ccc(F)cc1. The van der Waals surface area contributed by atoms with E-state index >= 15 is 0 Å². The maximum Gasteiger partial charge on any atom is 0.255 e. The average molecular weight is 312 g/mol. The Kier molecular flexibility index (Phi) is 5.25. The topological polar surface area (TPSA) is 49.4 Å². The molecule has 0 unspecified atom stereocenters. The van der Waals surface area contributed by atoms with Gasteiger partial charge in [-0.2, -0.15) is 0 Å². The summed E-state index contributed by atoms with van der Waals surface area (Å²) in [5, 5.41) is 2.69. The Morgan fingerprint density at radius 1 is 1.04 bits per heavy atom. The fraction of sp³-hybridized carbons (Fsp3) is 0.111. The molecule has 23 heavy (non-hydrogen) atoms. The van der Waals surface area contributed by atoms with Gasteiger partial charge in [0.15, 0.2) is 5.78 Å². The molecule has 0 saturated carbocycles. The first-order valence-corrected chi connectivity index (χ1v) is 7.02. The van der Waals surface area contributed by atoms with Crippen molar-refractivity contribution in [3.8, 4) is 0 Å². The van der Waals surface area contributed by atoms with Gasteiger partial charge >= 0.3 is 0 Å². The number of benzene rings is 2. The van der Waals surface area contributed by atoms with E-state index in [9.17, 15) is 14.0 Å². The van der Waals surface area contributed by atoms with E-state index in [4.69, 9.17) is 0 Å². The molecule has 0 aliphatic heterocycles. The van der Waals surface area contributed by atoms with Crippen LogP contribution in [0.25, 0.3) is 0 Å². The molecule has 5 heteroatoms. The summed E-state index contributed by atoms with van der Waals surface area (Å²) in [6.45, 7) is 0. The molecule has 0 saturated heterocycles. The van der Waals surface area contributed by atoms with E-state index in [1.165, 1.54) is 30.3 Å². The van der Waals surface area contributed by atoms with E-state index < -0.39 is 11.7 Å². The van der Waals surface area contributed by atoms with Gasteiger partial charge in [-0.05, 0) is 36.4 Å². The highest BCUT2D eigenvalue weighted by atomic mass is 19.1. The second-order valence-corrected chi connectivity index (χ2v) is 5.15. The Bertz CT molecular complexity index is 737. The van der Waals surface area contributed by atoms with Crippen molar-refractivity contribution in [1.82, 2.24) is 4.90 Å². The number of nitrogens with zero attached hydrogens (tertiary/aromatic N) is 1. The third-order valence-corrected chi connectivity index (χ3v) is 3.07. The molecule has 0 spiro atoms. The highest BCUT2D eigenvalue weighted by molar-refractivity contribution is 6.12. The maximum atomic E-state index is 12.9. The average Bonchev–Trinajstić information content (AvgIpc) is 2.53. The van der Waals surface area contributed by atoms with Crippen LogP contribution in [0.2, 0.25) is 0 Å². The van der Waals surface area contributed by atoms with Crippen LogP contribution >= 0.6 is 0 Å². The monoisotopic (exact) mass is 312 g/mol. The minimum atomic E-state index is -0.411. The lowest BCUT2D eigenvalue weighted by molar-refractivity contribution is 0.102. The molecule has 0 aromatic heterocycles. The number of amides is 1. The van der Waals surface area contributed by atoms with Crippen LogP contribution < -0.4 is 5.32 Å². The van der Waals surface area contributed by atoms with Crippen molar-refractivity contribution < 1.29 is 14.0 Å². The van der Waals surface area contributed by atoms with Crippen molar-refractivity contribution >= 4 is 17.4 Å². The van der Waals surface area contributed by atoms with E-state index in [0.29, 0.717) is 16.8 Å². The van der Waals surface area contributed by atoms with Crippen molar-refractivity contribution in [1.29, 1.82) is 0 Å². The third kappa shape index (κ3) is 4.51. The summed E-state index contributed by atoms with van der Waals surface area (Å²) < 4.78 is 12.9. The normalized spacial score (nSPS) is 10.6. The van der Waals surface area contributed by atoms with Crippen molar-refractivity contribution in [2.24, 2.45) is 0 Å². The molecule has 2 aromatic rings. The third-order valence-electron chi connectivity index (χ3n) is 3.07. The van der Waals surface area contributed by atoms with E-state index in [0.717, 1.165) is 0 Å². The van der Waals surface area contributed by atoms with E-state index in [-0.39, 0.29) is 5.78 Å². The number of allylic oxidation sites excluding steroid dienone is 1. The van der Waals surface area contributed by atoms with Gasteiger partial charge < -0.3 is 10.2 Å². The van der Waals surface area contributed by atoms with Crippen molar-refractivity contribution in [3.05, 3.63) is 77.8 Å². The molecule has 0 aliphatic carbocycles. The zero-order valence-electron chi connectivity index (χ0n) is 12.9. The van der Waals surface area contributed by atoms with E-state index in [2.05, 4.69) is 5.32 Å². The van der Waals surface area contributed by atoms with Crippen LogP contribution in [0.1, 0.15) is 20.7 Å². The summed E-state index contributed by atoms with van der Waals surface area (Å²) in [6, 6.07) is 12.0. The van der Waals surface area contributed by atoms with Gasteiger partial charge in [0.2, 0.25) is 0 Å². The lowest BCUT2D eigenvalue weighted by atomic mass is 10.1. The molecule has 0 aliphatic rings. The van der Waals surface area contributed by atoms with Crippen LogP contribution in [-0.2, 0) is 0 Å². The first kappa shape index (κ1) is 16.4. The molecule has 4 nitrogen and oxygen atoms in total. The highest BCUT2D eigenvalue weighted by Crippen LogP contribution is 2.17. The lowest BCUT2D eigenvalue weighted by Gasteiger charge is -2.10. The summed E-state index contributed by atoms with van der Waals surface area (Å²) in [5.74, 6) is -1.03. The predicted molar refractivity (Wildman–Crippen MR) is 88.0 cm³/mol. The summed E-state index contributed by atoms with van der Waals surface area (Å²) in [4.78, 5) is 26.2. The fourth-order valence-corrected chi connectivity index (χ4v) is 1.91. The molecule has 2 rings (SSSR count). The summed E-state index contributed by atoms with van der Waals surface area (Å²) in [6.07, 6.45) is 3.07. The minimum Gasteiger partial charge on any atom is -0.383 e. The molecule has 2 aromatic carbocycles. The number of nitrogens with one attached hydrogen (secondary N) is 1. The zero-order chi connectivity index (χ0) is 16.8. The smallest absolute Gasteiger partial charge is 0.255 e. The van der Waals surface area contributed by atoms with Gasteiger partial charge in [-0.25, -0.2) is 4.39 Å². The van der Waals surface area contributed by atoms with Crippen LogP contribution in [0.3, 0.4) is 0 Å². The molecule has 0 radical (unpaired) electrons. The Hall–Kier alpha value is -2.95. The van der Waals surface area contributed by atoms with Crippen LogP contribution in [0.15, 0.2) is 60.8 Å². The molecule has 0 fully saturated rings. The van der Waals surface area contributed by atoms with Crippen molar-refractivity contribution in [2.45, 2.75) is 0 Å². The standard InChI is InChI=1S/C18H17FN2O2/c1-21(2)12-11-17(22)15-5-3-4-6-16(15)20-18(23)13-7-9-14(19)10-8-13/h3-12H,1-2H3,(H,20,23)/b12-11+. The van der Waals surface area contributed by atoms with Gasteiger partial charge in [0.1, 0.15) is 5.82 Å². The van der Waals surface area contributed by atoms with Crippen LogP contribution in [0, 0.1) is 5.82 Å². The number of para-hydroxylation sites is 1. The second kappa shape index (κ2) is 7.35. The summed E-state index contributed by atoms with van der Waals surface area (Å²) in [5.41, 5.74) is 1.12. The summed E-state index contributed by atoms with van der Waals surface area (Å²) >= 11 is 0. The Balaban J connectivity index is 2.22. The minimum absolute atomic E-state index is 0.214. The maximum absolute atomic E-state index is 12.9. The summed E-state index contributed by atoms with van der Waals surface area (Å²) in [7, 11) is 3.62. The van der Waals surface area contributed by atoms with Gasteiger partial charge in [-0.1, -0.05) is 12.1 Å². The van der Waals surface area contributed by atoms with E-state index in [1.54, 1.807) is 35.4 Å². The van der Waals surface area contributed by atoms with Crippen LogP contribution in [0.4, 0.5) is 10.1 Å². The molecule has 1 amide bonds. The molecule has 1 N–H and O–H groups in total. The quantitative estimate of drug-likeness (QED) is 0.680. The Morgan fingerprint density at radius 2 is 1.70 bits per heavy atom. The van der Waals surface area contributed by atoms with Gasteiger partial charge in [0.05, 0.1) is 5.69 Å². The second-order valence-electron chi connectivity index (χ2n) is 5.15. The fourth-order valence-electron chi connectivity index (χ4n) is 1.91. The Morgan fingerprint density at radius 3 is 2.35 bits per heavy atom. The predicted octanol–water partition coefficient (Wildman–Crippen LogP) is 3.34. The highest BCUT2D eigenvalue weighted by Gasteiger charge is 2.12. The first-order chi connectivity index (χ1) is 11.0. The molecule has 0 bridgehead atoms. The Labute approximate surface area is 134 Å².